The number of aromatic nitrogens is 2. The van der Waals surface area contributed by atoms with Crippen molar-refractivity contribution in [3.05, 3.63) is 120 Å². The van der Waals surface area contributed by atoms with Crippen molar-refractivity contribution in [3.63, 3.8) is 0 Å². The third-order valence-corrected chi connectivity index (χ3v) is 12.5. The minimum atomic E-state index is -0.394. The number of methoxy groups -OCH3 is 2. The Balaban J connectivity index is 0.000000188. The van der Waals surface area contributed by atoms with Gasteiger partial charge in [-0.25, -0.2) is 0 Å². The molecule has 2 amide bonds. The van der Waals surface area contributed by atoms with Gasteiger partial charge in [-0.1, -0.05) is 38.1 Å². The van der Waals surface area contributed by atoms with Gasteiger partial charge >= 0.3 is 0 Å². The smallest absolute Gasteiger partial charge is 0.248 e. The molecule has 6 aromatic rings. The van der Waals surface area contributed by atoms with Crippen LogP contribution in [0.3, 0.4) is 0 Å². The molecule has 0 saturated carbocycles. The number of phenolic OH excluding ortho intramolecular Hbond substituents is 1. The second-order valence-electron chi connectivity index (χ2n) is 17.0. The first kappa shape index (κ1) is 44.1. The van der Waals surface area contributed by atoms with Crippen LogP contribution >= 0.6 is 0 Å². The van der Waals surface area contributed by atoms with E-state index in [1.165, 1.54) is 0 Å². The van der Waals surface area contributed by atoms with Gasteiger partial charge in [0.1, 0.15) is 23.0 Å². The Morgan fingerprint density at radius 1 is 0.645 bits per heavy atom. The van der Waals surface area contributed by atoms with Crippen LogP contribution in [0, 0.1) is 5.92 Å². The second-order valence-corrected chi connectivity index (χ2v) is 17.0. The number of ether oxygens (including phenoxy) is 3. The number of carbonyl (C=O) groups is 2. The molecule has 12 nitrogen and oxygen atoms in total. The van der Waals surface area contributed by atoms with Crippen LogP contribution in [0.25, 0.3) is 21.8 Å². The van der Waals surface area contributed by atoms with Crippen LogP contribution in [0.15, 0.2) is 97.3 Å². The van der Waals surface area contributed by atoms with Crippen molar-refractivity contribution in [2.24, 2.45) is 17.4 Å². The molecule has 12 heteroatoms. The predicted molar refractivity (Wildman–Crippen MR) is 246 cm³/mol. The van der Waals surface area contributed by atoms with Gasteiger partial charge in [0.25, 0.3) is 0 Å². The summed E-state index contributed by atoms with van der Waals surface area (Å²) >= 11 is 0. The van der Waals surface area contributed by atoms with Crippen molar-refractivity contribution in [3.8, 4) is 23.0 Å². The number of hydrogen-bond acceptors (Lipinski definition) is 8. The lowest BCUT2D eigenvalue weighted by Crippen LogP contribution is -2.36. The Kier molecular flexibility index (Phi) is 14.4. The molecule has 2 fully saturated rings. The number of fused-ring (bicyclic) bond motifs is 2. The minimum absolute atomic E-state index is 0.295. The summed E-state index contributed by atoms with van der Waals surface area (Å²) in [6.45, 7) is 11.0. The van der Waals surface area contributed by atoms with E-state index in [2.05, 4.69) is 57.3 Å². The number of likely N-dealkylation sites (tertiary alicyclic amines) is 2. The quantitative estimate of drug-likeness (QED) is 0.0942. The lowest BCUT2D eigenvalue weighted by molar-refractivity contribution is 0.0992. The first-order chi connectivity index (χ1) is 30.0. The number of nitrogens with zero attached hydrogens (tertiary/aromatic N) is 4. The zero-order chi connectivity index (χ0) is 43.8. The third kappa shape index (κ3) is 10.4. The Bertz CT molecular complexity index is 2460. The van der Waals surface area contributed by atoms with E-state index in [0.29, 0.717) is 41.5 Å². The number of phenols is 1. The summed E-state index contributed by atoms with van der Waals surface area (Å²) < 4.78 is 21.7. The molecule has 0 spiro atoms. The lowest BCUT2D eigenvalue weighted by atomic mass is 10.0. The number of benzene rings is 4. The lowest BCUT2D eigenvalue weighted by Gasteiger charge is -2.33. The number of primary amides is 2. The van der Waals surface area contributed by atoms with Gasteiger partial charge in [0.05, 0.1) is 20.8 Å². The fourth-order valence-corrected chi connectivity index (χ4v) is 9.00. The largest absolute Gasteiger partial charge is 0.508 e. The minimum Gasteiger partial charge on any atom is -0.508 e. The van der Waals surface area contributed by atoms with Crippen LogP contribution in [0.2, 0.25) is 0 Å². The molecule has 0 aliphatic carbocycles. The summed E-state index contributed by atoms with van der Waals surface area (Å²) in [5.74, 6) is 2.57. The highest BCUT2D eigenvalue weighted by molar-refractivity contribution is 5.97. The Morgan fingerprint density at radius 3 is 1.56 bits per heavy atom. The van der Waals surface area contributed by atoms with Gasteiger partial charge in [0.15, 0.2) is 0 Å². The van der Waals surface area contributed by atoms with E-state index < -0.39 is 5.91 Å². The van der Waals surface area contributed by atoms with Crippen LogP contribution in [-0.2, 0) is 12.8 Å². The molecule has 5 N–H and O–H groups in total. The summed E-state index contributed by atoms with van der Waals surface area (Å²) in [4.78, 5) is 28.1. The molecular formula is C50H62N6O6. The number of amides is 2. The molecule has 4 aromatic carbocycles. The first-order valence-electron chi connectivity index (χ1n) is 21.9. The van der Waals surface area contributed by atoms with Gasteiger partial charge in [0.2, 0.25) is 11.8 Å². The highest BCUT2D eigenvalue weighted by Gasteiger charge is 2.24. The highest BCUT2D eigenvalue weighted by Crippen LogP contribution is 2.33. The normalized spacial score (nSPS) is 15.4. The molecule has 0 radical (unpaired) electrons. The summed E-state index contributed by atoms with van der Waals surface area (Å²) in [7, 11) is 3.36. The van der Waals surface area contributed by atoms with Crippen molar-refractivity contribution >= 4 is 33.6 Å². The summed E-state index contributed by atoms with van der Waals surface area (Å²) in [6, 6.07) is 27.8. The van der Waals surface area contributed by atoms with E-state index >= 15 is 0 Å². The van der Waals surface area contributed by atoms with Crippen LogP contribution in [0.1, 0.15) is 83.5 Å². The molecule has 8 rings (SSSR count). The van der Waals surface area contributed by atoms with Gasteiger partial charge in [0, 0.05) is 97.0 Å². The van der Waals surface area contributed by atoms with Gasteiger partial charge in [-0.15, -0.1) is 0 Å². The maximum absolute atomic E-state index is 11.6. The van der Waals surface area contributed by atoms with Crippen molar-refractivity contribution in [2.75, 3.05) is 60.1 Å². The SMILES string of the molecule is COc1cccc(O)c1CCN1CCC(n2ccc3ccc(C(N)=O)cc32)CC1.COc1cccc(OCC(C)C)c1CCN1CCC(n2ccc3ccc(C(N)=O)cc32)CC1. The number of nitrogens with two attached hydrogens (primary N) is 2. The standard InChI is InChI=1S/C27H35N3O3.C23H27N3O3/c1-19(2)18-33-26-6-4-5-25(32-3)23(26)12-15-29-13-10-22(11-14-29)30-16-9-20-7-8-21(27(28)31)17-24(20)30;1-29-22-4-2-3-21(27)19(22)10-13-25-11-8-18(9-12-25)26-14-7-16-5-6-17(23(24)28)15-20(16)26/h4-9,16-17,19,22H,10-15,18H2,1-3H3,(H2,28,31);2-7,14-15,18,27H,8-13H2,1H3,(H2,24,28). The Labute approximate surface area is 364 Å². The van der Waals surface area contributed by atoms with Crippen LogP contribution in [-0.4, -0.2) is 95.9 Å². The maximum atomic E-state index is 11.6. The Morgan fingerprint density at radius 2 is 1.10 bits per heavy atom. The average Bonchev–Trinajstić information content (AvgIpc) is 3.92. The van der Waals surface area contributed by atoms with Gasteiger partial charge in [-0.2, -0.15) is 0 Å². The van der Waals surface area contributed by atoms with Crippen molar-refractivity contribution in [1.29, 1.82) is 0 Å². The molecule has 2 saturated heterocycles. The van der Waals surface area contributed by atoms with Crippen LogP contribution in [0.5, 0.6) is 23.0 Å². The summed E-state index contributed by atoms with van der Waals surface area (Å²) in [5, 5.41) is 12.4. The molecule has 2 aromatic heterocycles. The van der Waals surface area contributed by atoms with Gasteiger partial charge < -0.3 is 49.7 Å². The highest BCUT2D eigenvalue weighted by atomic mass is 16.5. The molecule has 328 valence electrons. The van der Waals surface area contributed by atoms with E-state index in [1.807, 2.05) is 48.5 Å². The molecule has 2 aliphatic heterocycles. The fraction of sp³-hybridized carbons (Fsp3) is 0.400. The van der Waals surface area contributed by atoms with E-state index in [4.69, 9.17) is 25.7 Å². The molecule has 0 bridgehead atoms. The fourth-order valence-electron chi connectivity index (χ4n) is 9.00. The molecule has 0 atom stereocenters. The molecule has 0 unspecified atom stereocenters. The van der Waals surface area contributed by atoms with E-state index in [0.717, 1.165) is 128 Å². The van der Waals surface area contributed by atoms with E-state index in [-0.39, 0.29) is 5.91 Å². The van der Waals surface area contributed by atoms with E-state index in [9.17, 15) is 14.7 Å². The monoisotopic (exact) mass is 842 g/mol. The maximum Gasteiger partial charge on any atom is 0.248 e. The van der Waals surface area contributed by atoms with Crippen molar-refractivity contribution < 1.29 is 28.9 Å². The predicted octanol–water partition coefficient (Wildman–Crippen LogP) is 8.00. The zero-order valence-corrected chi connectivity index (χ0v) is 36.6. The average molecular weight is 843 g/mol. The number of piperidine rings is 2. The van der Waals surface area contributed by atoms with Crippen LogP contribution < -0.4 is 25.7 Å². The number of carbonyl (C=O) groups excluding carboxylic acids is 2. The zero-order valence-electron chi connectivity index (χ0n) is 36.6. The number of aromatic hydroxyl groups is 1. The summed E-state index contributed by atoms with van der Waals surface area (Å²) in [6.07, 6.45) is 10.2. The number of hydrogen-bond donors (Lipinski definition) is 3. The third-order valence-electron chi connectivity index (χ3n) is 12.5. The topological polar surface area (TPSA) is 150 Å². The van der Waals surface area contributed by atoms with Gasteiger partial charge in [-0.05, 0) is 116 Å². The van der Waals surface area contributed by atoms with Crippen molar-refractivity contribution in [2.45, 2.75) is 64.5 Å². The summed E-state index contributed by atoms with van der Waals surface area (Å²) in [5.41, 5.74) is 16.2. The molecule has 2 aliphatic rings. The molecular weight excluding hydrogens is 781 g/mol. The second kappa shape index (κ2) is 20.3. The van der Waals surface area contributed by atoms with Gasteiger partial charge in [-0.3, -0.25) is 9.59 Å². The Hall–Kier alpha value is -5.98. The first-order valence-corrected chi connectivity index (χ1v) is 21.9. The molecule has 62 heavy (non-hydrogen) atoms. The molecule has 4 heterocycles. The number of rotatable bonds is 15. The van der Waals surface area contributed by atoms with Crippen molar-refractivity contribution in [1.82, 2.24) is 18.9 Å². The van der Waals surface area contributed by atoms with Crippen LogP contribution in [0.4, 0.5) is 0 Å². The van der Waals surface area contributed by atoms with E-state index in [1.54, 1.807) is 38.5 Å².